The van der Waals surface area contributed by atoms with E-state index in [1.807, 2.05) is 0 Å². The van der Waals surface area contributed by atoms with Crippen LogP contribution in [0.5, 0.6) is 0 Å². The molecule has 1 aliphatic carbocycles. The summed E-state index contributed by atoms with van der Waals surface area (Å²) in [6.45, 7) is 14.5. The minimum absolute atomic E-state index is 0.0449. The predicted molar refractivity (Wildman–Crippen MR) is 190 cm³/mol. The van der Waals surface area contributed by atoms with Crippen molar-refractivity contribution in [2.24, 2.45) is 11.3 Å². The van der Waals surface area contributed by atoms with E-state index in [1.54, 1.807) is 6.92 Å². The van der Waals surface area contributed by atoms with Crippen molar-refractivity contribution < 1.29 is 76.9 Å². The molecule has 1 saturated carbocycles. The van der Waals surface area contributed by atoms with E-state index >= 15 is 0 Å². The fourth-order valence-corrected chi connectivity index (χ4v) is 6.22. The van der Waals surface area contributed by atoms with Gasteiger partial charge in [0.25, 0.3) is 11.6 Å². The second kappa shape index (κ2) is 15.1. The van der Waals surface area contributed by atoms with Gasteiger partial charge >= 0.3 is 35.8 Å². The molecule has 0 aromatic carbocycles. The second-order valence-electron chi connectivity index (χ2n) is 15.6. The molecule has 2 atom stereocenters. The van der Waals surface area contributed by atoms with Crippen molar-refractivity contribution in [3.8, 4) is 0 Å². The third kappa shape index (κ3) is 8.69. The van der Waals surface area contributed by atoms with Gasteiger partial charge in [0.1, 0.15) is 11.1 Å². The van der Waals surface area contributed by atoms with Gasteiger partial charge in [0.05, 0.1) is 23.0 Å². The van der Waals surface area contributed by atoms with Crippen molar-refractivity contribution in [2.75, 3.05) is 0 Å². The third-order valence-corrected chi connectivity index (χ3v) is 10.6. The summed E-state index contributed by atoms with van der Waals surface area (Å²) in [6, 6.07) is 0. The smallest absolute Gasteiger partial charge is 0.348 e. The Balaban J connectivity index is 1.24. The Morgan fingerprint density at radius 3 is 1.26 bits per heavy atom. The van der Waals surface area contributed by atoms with Crippen molar-refractivity contribution in [1.82, 2.24) is 0 Å². The fraction of sp³-hybridized carbons (Fsp3) is 0.463. The van der Waals surface area contributed by atoms with Crippen LogP contribution in [0.15, 0.2) is 93.9 Å². The lowest BCUT2D eigenvalue weighted by molar-refractivity contribution is -0.464. The number of ether oxygens (including phenoxy) is 8. The Kier molecular flexibility index (Phi) is 11.2. The Hall–Kier alpha value is -6.06. The number of cyclic esters (lactones) is 4. The normalized spacial score (nSPS) is 31.1. The monoisotopic (exact) mass is 792 g/mol. The summed E-state index contributed by atoms with van der Waals surface area (Å²) in [6.07, 6.45) is 12.1. The summed E-state index contributed by atoms with van der Waals surface area (Å²) in [7, 11) is 0. The largest absolute Gasteiger partial charge is 0.571 e. The molecule has 3 fully saturated rings. The highest BCUT2D eigenvalue weighted by atomic mass is 16.8. The standard InChI is InChI=1S/C41H46O16/c1-22(2)38(7)18-20-41(21-19-38)56-35(48)28(36(49)57-41)17-13-24(4)12-16-27-33(46)54-40(9,55-34(27)47)39(8)52-31(44)26(32(45)53-39)15-11-23(3)10-14-25-29(42)50-37(5,6)51-30(25)43/h10-17,22,44,46H,18-21H2,1-9H3/p-2/b15-11?,16-12+,23-10?,24-13+,28-17?. The third-order valence-electron chi connectivity index (χ3n) is 10.6. The van der Waals surface area contributed by atoms with Gasteiger partial charge in [0.15, 0.2) is 0 Å². The molecule has 5 rings (SSSR count). The molecule has 0 aromatic heterocycles. The zero-order valence-electron chi connectivity index (χ0n) is 33.1. The first-order valence-corrected chi connectivity index (χ1v) is 18.1. The number of allylic oxidation sites excluding steroid dienone is 8. The van der Waals surface area contributed by atoms with Crippen LogP contribution in [0, 0.1) is 11.3 Å². The molecule has 4 aliphatic heterocycles. The summed E-state index contributed by atoms with van der Waals surface area (Å²) in [5.41, 5.74) is -1.04. The Morgan fingerprint density at radius 1 is 0.544 bits per heavy atom. The first kappa shape index (κ1) is 42.1. The van der Waals surface area contributed by atoms with Crippen LogP contribution in [0.3, 0.4) is 0 Å². The second-order valence-corrected chi connectivity index (χ2v) is 15.6. The quantitative estimate of drug-likeness (QED) is 0.113. The van der Waals surface area contributed by atoms with Crippen molar-refractivity contribution >= 4 is 35.8 Å². The Bertz CT molecular complexity index is 2000. The number of carbonyl (C=O) groups is 6. The van der Waals surface area contributed by atoms with Crippen LogP contribution in [-0.2, 0) is 66.7 Å². The summed E-state index contributed by atoms with van der Waals surface area (Å²) in [4.78, 5) is 76.1. The molecule has 4 heterocycles. The molecule has 0 bridgehead atoms. The van der Waals surface area contributed by atoms with Crippen LogP contribution in [0.1, 0.15) is 88.0 Å². The van der Waals surface area contributed by atoms with Crippen molar-refractivity contribution in [1.29, 1.82) is 0 Å². The summed E-state index contributed by atoms with van der Waals surface area (Å²) >= 11 is 0. The van der Waals surface area contributed by atoms with Gasteiger partial charge in [-0.15, -0.1) is 0 Å². The predicted octanol–water partition coefficient (Wildman–Crippen LogP) is 3.44. The minimum Gasteiger partial charge on any atom is -0.571 e. The van der Waals surface area contributed by atoms with E-state index < -0.39 is 82.0 Å². The van der Waals surface area contributed by atoms with E-state index in [4.69, 9.17) is 37.9 Å². The molecule has 5 aliphatic rings. The molecule has 2 unspecified atom stereocenters. The molecule has 16 nitrogen and oxygen atoms in total. The van der Waals surface area contributed by atoms with Gasteiger partial charge in [-0.3, -0.25) is 0 Å². The average molecular weight is 793 g/mol. The zero-order valence-corrected chi connectivity index (χ0v) is 33.1. The number of hydrogen-bond donors (Lipinski definition) is 0. The first-order chi connectivity index (χ1) is 26.4. The number of rotatable bonds is 8. The van der Waals surface area contributed by atoms with E-state index in [2.05, 4.69) is 20.8 Å². The van der Waals surface area contributed by atoms with E-state index in [1.165, 1.54) is 51.2 Å². The summed E-state index contributed by atoms with van der Waals surface area (Å²) in [5.74, 6) is -15.4. The maximum atomic E-state index is 13.1. The van der Waals surface area contributed by atoms with Crippen LogP contribution in [0.4, 0.5) is 0 Å². The van der Waals surface area contributed by atoms with Crippen LogP contribution >= 0.6 is 0 Å². The molecule has 0 aromatic rings. The van der Waals surface area contributed by atoms with Crippen molar-refractivity contribution in [3.05, 3.63) is 93.9 Å². The van der Waals surface area contributed by atoms with Crippen LogP contribution in [0.25, 0.3) is 0 Å². The Labute approximate surface area is 328 Å². The lowest BCUT2D eigenvalue weighted by Gasteiger charge is -2.55. The summed E-state index contributed by atoms with van der Waals surface area (Å²) < 4.78 is 42.7. The molecular formula is C41H44O16-2. The minimum atomic E-state index is -2.42. The average Bonchev–Trinajstić information content (AvgIpc) is 3.07. The van der Waals surface area contributed by atoms with Gasteiger partial charge in [-0.05, 0) is 76.2 Å². The van der Waals surface area contributed by atoms with Crippen molar-refractivity contribution in [2.45, 2.75) is 111 Å². The first-order valence-electron chi connectivity index (χ1n) is 18.1. The zero-order chi connectivity index (χ0) is 42.3. The molecular weight excluding hydrogens is 748 g/mol. The van der Waals surface area contributed by atoms with Gasteiger partial charge in [0, 0.05) is 26.7 Å². The number of carbonyl (C=O) groups excluding carboxylic acids is 6. The molecule has 306 valence electrons. The molecule has 1 spiro atoms. The van der Waals surface area contributed by atoms with Gasteiger partial charge < -0.3 is 48.1 Å². The van der Waals surface area contributed by atoms with E-state index in [9.17, 15) is 39.0 Å². The number of esters is 6. The maximum Gasteiger partial charge on any atom is 0.348 e. The topological polar surface area (TPSA) is 222 Å². The lowest BCUT2D eigenvalue weighted by atomic mass is 9.67. The van der Waals surface area contributed by atoms with E-state index in [0.29, 0.717) is 29.9 Å². The summed E-state index contributed by atoms with van der Waals surface area (Å²) in [5, 5.41) is 26.0. The van der Waals surface area contributed by atoms with Gasteiger partial charge in [-0.25, -0.2) is 28.8 Å². The highest BCUT2D eigenvalue weighted by molar-refractivity contribution is 6.16. The molecule has 16 heteroatoms. The maximum absolute atomic E-state index is 13.1. The van der Waals surface area contributed by atoms with E-state index in [-0.39, 0.29) is 16.6 Å². The van der Waals surface area contributed by atoms with Crippen LogP contribution < -0.4 is 10.2 Å². The SMILES string of the molecule is CC(C=CC1=C([O-])OC(C)(C2(C)OC(=O)C(/C=C/C(C)=C/C=C3C(=O)OC4(CCC(C)(C(C)C)CC4)OC3=O)=C([O-])O2)OC1=O)=CC=C1C(=O)OC(C)(C)OC1=O. The van der Waals surface area contributed by atoms with Crippen LogP contribution in [0.2, 0.25) is 0 Å². The van der Waals surface area contributed by atoms with Crippen molar-refractivity contribution in [3.63, 3.8) is 0 Å². The molecule has 2 saturated heterocycles. The van der Waals surface area contributed by atoms with E-state index in [0.717, 1.165) is 44.9 Å². The molecule has 0 amide bonds. The van der Waals surface area contributed by atoms with Gasteiger partial charge in [-0.2, -0.15) is 0 Å². The molecule has 0 radical (unpaired) electrons. The van der Waals surface area contributed by atoms with Crippen LogP contribution in [-0.4, -0.2) is 59.0 Å². The van der Waals surface area contributed by atoms with Gasteiger partial charge in [0.2, 0.25) is 11.6 Å². The lowest BCUT2D eigenvalue weighted by Crippen LogP contribution is -2.62. The molecule has 0 N–H and O–H groups in total. The highest BCUT2D eigenvalue weighted by Gasteiger charge is 2.53. The Morgan fingerprint density at radius 2 is 0.912 bits per heavy atom. The molecule has 57 heavy (non-hydrogen) atoms. The fourth-order valence-electron chi connectivity index (χ4n) is 6.22. The highest BCUT2D eigenvalue weighted by Crippen LogP contribution is 2.48. The van der Waals surface area contributed by atoms with Gasteiger partial charge in [-0.1, -0.05) is 56.2 Å². The number of hydrogen-bond acceptors (Lipinski definition) is 16.